The van der Waals surface area contributed by atoms with E-state index in [0.717, 1.165) is 6.20 Å². The van der Waals surface area contributed by atoms with Crippen LogP contribution >= 0.6 is 7.82 Å². The van der Waals surface area contributed by atoms with Gasteiger partial charge >= 0.3 is 14.0 Å². The van der Waals surface area contributed by atoms with Crippen LogP contribution in [0.2, 0.25) is 0 Å². The second-order valence-corrected chi connectivity index (χ2v) is 14.3. The van der Waals surface area contributed by atoms with Crippen LogP contribution in [-0.2, 0) is 29.4 Å². The third-order valence-corrected chi connectivity index (χ3v) is 8.25. The number of nitrogens with one attached hydrogen (secondary N) is 1. The van der Waals surface area contributed by atoms with Gasteiger partial charge in [-0.3, -0.25) is 18.3 Å². The molecule has 0 fully saturated rings. The number of hydrogen-bond donors (Lipinski definition) is 1. The molecule has 4 aromatic rings. The van der Waals surface area contributed by atoms with Gasteiger partial charge in [-0.15, -0.1) is 0 Å². The maximum Gasteiger partial charge on any atom is 0.477 e. The highest BCUT2D eigenvalue weighted by atomic mass is 31.2. The Morgan fingerprint density at radius 3 is 2.19 bits per heavy atom. The van der Waals surface area contributed by atoms with Crippen molar-refractivity contribution in [2.24, 2.45) is 0 Å². The van der Waals surface area contributed by atoms with E-state index in [1.807, 2.05) is 0 Å². The number of ether oxygens (including phenoxy) is 1. The van der Waals surface area contributed by atoms with Crippen molar-refractivity contribution in [1.82, 2.24) is 24.9 Å². The second-order valence-electron chi connectivity index (χ2n) is 12.8. The summed E-state index contributed by atoms with van der Waals surface area (Å²) in [5.74, 6) is -2.29. The molecule has 3 aromatic heterocycles. The van der Waals surface area contributed by atoms with E-state index in [0.29, 0.717) is 23.9 Å². The molecule has 0 aliphatic rings. The molecular formula is C30H36F5N6O6P. The summed E-state index contributed by atoms with van der Waals surface area (Å²) in [6, 6.07) is 9.09. The molecule has 0 spiro atoms. The molecule has 1 aromatic carbocycles. The summed E-state index contributed by atoms with van der Waals surface area (Å²) in [7, 11) is -4.41. The van der Waals surface area contributed by atoms with Crippen molar-refractivity contribution in [2.45, 2.75) is 78.0 Å². The summed E-state index contributed by atoms with van der Waals surface area (Å²) >= 11 is 0. The Morgan fingerprint density at radius 2 is 1.60 bits per heavy atom. The van der Waals surface area contributed by atoms with Crippen LogP contribution in [0.5, 0.6) is 0 Å². The molecule has 0 amide bonds. The van der Waals surface area contributed by atoms with Crippen molar-refractivity contribution in [2.75, 3.05) is 18.7 Å². The predicted octanol–water partition coefficient (Wildman–Crippen LogP) is 7.78. The third kappa shape index (κ3) is 9.66. The minimum absolute atomic E-state index is 0.0287. The van der Waals surface area contributed by atoms with E-state index in [1.54, 1.807) is 59.7 Å². The van der Waals surface area contributed by atoms with Crippen molar-refractivity contribution in [3.8, 4) is 22.9 Å². The third-order valence-electron chi connectivity index (χ3n) is 6.28. The molecule has 3 heterocycles. The van der Waals surface area contributed by atoms with Crippen LogP contribution < -0.4 is 5.32 Å². The molecule has 0 aliphatic heterocycles. The first-order valence-corrected chi connectivity index (χ1v) is 16.0. The summed E-state index contributed by atoms with van der Waals surface area (Å²) < 4.78 is 113. The Bertz CT molecular complexity index is 1720. The molecule has 1 N–H and O–H groups in total. The van der Waals surface area contributed by atoms with Gasteiger partial charge < -0.3 is 14.6 Å². The minimum atomic E-state index is -5.02. The molecule has 262 valence electrons. The Kier molecular flexibility index (Phi) is 10.8. The number of benzene rings is 1. The number of phosphoric acid groups is 1. The molecule has 0 radical (unpaired) electrons. The average Bonchev–Trinajstić information content (AvgIpc) is 3.61. The molecular weight excluding hydrogens is 666 g/mol. The summed E-state index contributed by atoms with van der Waals surface area (Å²) in [4.78, 5) is 8.00. The van der Waals surface area contributed by atoms with Crippen molar-refractivity contribution in [1.29, 1.82) is 0 Å². The maximum atomic E-state index is 14.8. The van der Waals surface area contributed by atoms with Crippen LogP contribution in [0, 0.1) is 11.6 Å². The average molecular weight is 703 g/mol. The lowest BCUT2D eigenvalue weighted by Gasteiger charge is -2.34. The lowest BCUT2D eigenvalue weighted by Crippen LogP contribution is -2.50. The SMILES string of the molecule is CC(C)(C)OP(=O)(OCOC(C)(CNc1nc(-c2cc(-c3ccon3)n(Cc3ccccc3F)n2)ncc1F)C(F)(F)F)OC(C)(C)C. The normalized spacial score (nSPS) is 14.2. The van der Waals surface area contributed by atoms with Gasteiger partial charge in [0.15, 0.2) is 29.9 Å². The topological polar surface area (TPSA) is 136 Å². The zero-order chi connectivity index (χ0) is 35.5. The van der Waals surface area contributed by atoms with Gasteiger partial charge in [0.25, 0.3) is 0 Å². The Hall–Kier alpha value is -3.76. The van der Waals surface area contributed by atoms with Crippen LogP contribution in [0.3, 0.4) is 0 Å². The first-order valence-electron chi connectivity index (χ1n) is 14.5. The molecule has 4 rings (SSSR count). The van der Waals surface area contributed by atoms with Crippen molar-refractivity contribution in [3.05, 3.63) is 66.1 Å². The van der Waals surface area contributed by atoms with E-state index in [4.69, 9.17) is 22.8 Å². The first-order chi connectivity index (χ1) is 22.2. The molecule has 0 saturated heterocycles. The Labute approximate surface area is 273 Å². The maximum absolute atomic E-state index is 14.8. The zero-order valence-electron chi connectivity index (χ0n) is 27.3. The first kappa shape index (κ1) is 37.1. The molecule has 0 bridgehead atoms. The van der Waals surface area contributed by atoms with Gasteiger partial charge in [0, 0.05) is 11.6 Å². The number of anilines is 1. The van der Waals surface area contributed by atoms with E-state index < -0.39 is 61.6 Å². The molecule has 48 heavy (non-hydrogen) atoms. The lowest BCUT2D eigenvalue weighted by atomic mass is 10.1. The summed E-state index contributed by atoms with van der Waals surface area (Å²) in [5, 5.41) is 10.6. The van der Waals surface area contributed by atoms with E-state index in [1.165, 1.54) is 29.1 Å². The van der Waals surface area contributed by atoms with Crippen molar-refractivity contribution >= 4 is 13.6 Å². The second kappa shape index (κ2) is 14.0. The number of phosphoric ester groups is 1. The molecule has 0 aliphatic carbocycles. The lowest BCUT2D eigenvalue weighted by molar-refractivity contribution is -0.280. The van der Waals surface area contributed by atoms with Crippen LogP contribution in [0.1, 0.15) is 54.0 Å². The van der Waals surface area contributed by atoms with Crippen molar-refractivity contribution in [3.63, 3.8) is 0 Å². The van der Waals surface area contributed by atoms with Gasteiger partial charge in [-0.2, -0.15) is 18.3 Å². The van der Waals surface area contributed by atoms with Crippen LogP contribution in [0.25, 0.3) is 22.9 Å². The van der Waals surface area contributed by atoms with Gasteiger partial charge in [0.1, 0.15) is 23.5 Å². The Morgan fingerprint density at radius 1 is 0.938 bits per heavy atom. The summed E-state index contributed by atoms with van der Waals surface area (Å²) in [5.41, 5.74) is -3.96. The molecule has 18 heteroatoms. The number of hydrogen-bond acceptors (Lipinski definition) is 11. The monoisotopic (exact) mass is 702 g/mol. The summed E-state index contributed by atoms with van der Waals surface area (Å²) in [6.07, 6.45) is -2.94. The number of nitrogens with zero attached hydrogens (tertiary/aromatic N) is 5. The van der Waals surface area contributed by atoms with Crippen molar-refractivity contribution < 1.29 is 49.3 Å². The smallest absolute Gasteiger partial charge is 0.364 e. The van der Waals surface area contributed by atoms with Crippen LogP contribution in [0.15, 0.2) is 53.4 Å². The van der Waals surface area contributed by atoms with Gasteiger partial charge in [-0.1, -0.05) is 23.4 Å². The molecule has 0 saturated carbocycles. The van der Waals surface area contributed by atoms with E-state index in [9.17, 15) is 26.5 Å². The summed E-state index contributed by atoms with van der Waals surface area (Å²) in [6.45, 7) is 7.84. The van der Waals surface area contributed by atoms with E-state index in [-0.39, 0.29) is 18.1 Å². The number of aromatic nitrogens is 5. The predicted molar refractivity (Wildman–Crippen MR) is 163 cm³/mol. The van der Waals surface area contributed by atoms with Gasteiger partial charge in [0.2, 0.25) is 0 Å². The van der Waals surface area contributed by atoms with E-state index in [2.05, 4.69) is 25.5 Å². The standard InChI is InChI=1S/C30H36F5N6O6P/c1-27(2,3)46-48(42,47-28(4,5)6)45-18-43-29(7,30(33,34)35)17-37-25-21(32)15-36-26(38-25)23-14-24(22-12-13-44-40-22)41(39-23)16-19-10-8-9-11-20(19)31/h8-15H,16-18H2,1-7H3,(H,36,37,38). The van der Waals surface area contributed by atoms with E-state index >= 15 is 0 Å². The Balaban J connectivity index is 1.56. The largest absolute Gasteiger partial charge is 0.477 e. The number of rotatable bonds is 13. The van der Waals surface area contributed by atoms with Gasteiger partial charge in [-0.05, 0) is 60.6 Å². The molecule has 1 atom stereocenters. The quantitative estimate of drug-likeness (QED) is 0.0831. The highest BCUT2D eigenvalue weighted by Gasteiger charge is 2.53. The van der Waals surface area contributed by atoms with Crippen LogP contribution in [-0.4, -0.2) is 61.2 Å². The fourth-order valence-electron chi connectivity index (χ4n) is 4.05. The number of halogens is 5. The fraction of sp³-hybridized carbons (Fsp3) is 0.467. The van der Waals surface area contributed by atoms with Crippen LogP contribution in [0.4, 0.5) is 27.8 Å². The highest BCUT2D eigenvalue weighted by molar-refractivity contribution is 7.48. The number of alkyl halides is 3. The highest BCUT2D eigenvalue weighted by Crippen LogP contribution is 2.55. The van der Waals surface area contributed by atoms with Gasteiger partial charge in [-0.25, -0.2) is 23.3 Å². The zero-order valence-corrected chi connectivity index (χ0v) is 28.2. The van der Waals surface area contributed by atoms with Gasteiger partial charge in [0.05, 0.1) is 36.2 Å². The molecule has 12 nitrogen and oxygen atoms in total. The fourth-order valence-corrected chi connectivity index (χ4v) is 5.71. The molecule has 1 unspecified atom stereocenters. The minimum Gasteiger partial charge on any atom is -0.364 e.